The van der Waals surface area contributed by atoms with Gasteiger partial charge < -0.3 is 14.4 Å². The van der Waals surface area contributed by atoms with E-state index in [2.05, 4.69) is 17.0 Å². The molecule has 1 aliphatic heterocycles. The number of rotatable bonds is 6. The molecule has 0 radical (unpaired) electrons. The van der Waals surface area contributed by atoms with Crippen LogP contribution in [-0.2, 0) is 6.42 Å². The molecule has 2 rings (SSSR count). The van der Waals surface area contributed by atoms with Gasteiger partial charge in [-0.1, -0.05) is 6.07 Å². The van der Waals surface area contributed by atoms with E-state index < -0.39 is 0 Å². The standard InChI is InChI=1S/C14H21NO2/c1-16-13-7-6-12(11-14(13)17-2)5-3-8-15-9-4-10-15/h6-7,11H,3-5,8-10H2,1-2H3. The van der Waals surface area contributed by atoms with E-state index in [1.165, 1.54) is 38.0 Å². The molecule has 1 saturated heterocycles. The van der Waals surface area contributed by atoms with Gasteiger partial charge in [-0.05, 0) is 56.6 Å². The van der Waals surface area contributed by atoms with Crippen molar-refractivity contribution in [1.29, 1.82) is 0 Å². The summed E-state index contributed by atoms with van der Waals surface area (Å²) in [4.78, 5) is 2.50. The van der Waals surface area contributed by atoms with Crippen molar-refractivity contribution < 1.29 is 9.47 Å². The molecule has 0 aromatic heterocycles. The van der Waals surface area contributed by atoms with Crippen molar-refractivity contribution in [3.05, 3.63) is 23.8 Å². The first-order valence-electron chi connectivity index (χ1n) is 6.27. The lowest BCUT2D eigenvalue weighted by Gasteiger charge is -2.30. The number of aryl methyl sites for hydroxylation is 1. The van der Waals surface area contributed by atoms with Gasteiger partial charge in [0.15, 0.2) is 11.5 Å². The van der Waals surface area contributed by atoms with Crippen molar-refractivity contribution in [3.63, 3.8) is 0 Å². The highest BCUT2D eigenvalue weighted by molar-refractivity contribution is 5.42. The summed E-state index contributed by atoms with van der Waals surface area (Å²) in [5.74, 6) is 1.63. The SMILES string of the molecule is COc1ccc(CCCN2CCC2)cc1OC. The second-order valence-corrected chi connectivity index (χ2v) is 4.49. The predicted molar refractivity (Wildman–Crippen MR) is 68.9 cm³/mol. The summed E-state index contributed by atoms with van der Waals surface area (Å²) in [5.41, 5.74) is 1.32. The van der Waals surface area contributed by atoms with E-state index in [9.17, 15) is 0 Å². The molecule has 94 valence electrons. The maximum atomic E-state index is 5.30. The third-order valence-electron chi connectivity index (χ3n) is 3.34. The second kappa shape index (κ2) is 5.92. The number of nitrogens with zero attached hydrogens (tertiary/aromatic N) is 1. The van der Waals surface area contributed by atoms with Gasteiger partial charge in [-0.15, -0.1) is 0 Å². The van der Waals surface area contributed by atoms with Crippen molar-refractivity contribution in [2.45, 2.75) is 19.3 Å². The Bertz CT molecular complexity index is 361. The molecular weight excluding hydrogens is 214 g/mol. The molecule has 1 aromatic carbocycles. The van der Waals surface area contributed by atoms with Gasteiger partial charge in [0.1, 0.15) is 0 Å². The minimum atomic E-state index is 0.805. The van der Waals surface area contributed by atoms with Crippen LogP contribution >= 0.6 is 0 Å². The van der Waals surface area contributed by atoms with E-state index in [-0.39, 0.29) is 0 Å². The zero-order valence-corrected chi connectivity index (χ0v) is 10.7. The minimum absolute atomic E-state index is 0.805. The summed E-state index contributed by atoms with van der Waals surface area (Å²) < 4.78 is 10.5. The molecule has 0 atom stereocenters. The first kappa shape index (κ1) is 12.2. The first-order chi connectivity index (χ1) is 8.33. The molecule has 1 fully saturated rings. The van der Waals surface area contributed by atoms with Gasteiger partial charge in [0.25, 0.3) is 0 Å². The van der Waals surface area contributed by atoms with E-state index in [1.807, 2.05) is 6.07 Å². The molecule has 0 spiro atoms. The Labute approximate surface area is 103 Å². The number of benzene rings is 1. The van der Waals surface area contributed by atoms with Gasteiger partial charge in [0, 0.05) is 0 Å². The zero-order valence-electron chi connectivity index (χ0n) is 10.7. The van der Waals surface area contributed by atoms with Gasteiger partial charge in [-0.3, -0.25) is 0 Å². The molecule has 1 aromatic rings. The van der Waals surface area contributed by atoms with Crippen molar-refractivity contribution in [3.8, 4) is 11.5 Å². The van der Waals surface area contributed by atoms with Gasteiger partial charge >= 0.3 is 0 Å². The lowest BCUT2D eigenvalue weighted by Crippen LogP contribution is -2.37. The van der Waals surface area contributed by atoms with Crippen LogP contribution in [0.5, 0.6) is 11.5 Å². The highest BCUT2D eigenvalue weighted by Gasteiger charge is 2.12. The first-order valence-corrected chi connectivity index (χ1v) is 6.27. The van der Waals surface area contributed by atoms with Crippen LogP contribution in [0.4, 0.5) is 0 Å². The summed E-state index contributed by atoms with van der Waals surface area (Å²) >= 11 is 0. The number of likely N-dealkylation sites (tertiary alicyclic amines) is 1. The summed E-state index contributed by atoms with van der Waals surface area (Å²) in [6.07, 6.45) is 3.70. The molecule has 0 saturated carbocycles. The van der Waals surface area contributed by atoms with Crippen LogP contribution in [0.1, 0.15) is 18.4 Å². The Morgan fingerprint density at radius 3 is 2.47 bits per heavy atom. The summed E-state index contributed by atoms with van der Waals surface area (Å²) in [6.45, 7) is 3.78. The second-order valence-electron chi connectivity index (χ2n) is 4.49. The van der Waals surface area contributed by atoms with E-state index in [0.29, 0.717) is 0 Å². The number of ether oxygens (including phenoxy) is 2. The largest absolute Gasteiger partial charge is 0.493 e. The lowest BCUT2D eigenvalue weighted by atomic mass is 10.1. The van der Waals surface area contributed by atoms with Gasteiger partial charge in [-0.2, -0.15) is 0 Å². The maximum absolute atomic E-state index is 5.30. The molecule has 1 aliphatic rings. The zero-order chi connectivity index (χ0) is 12.1. The Morgan fingerprint density at radius 2 is 1.88 bits per heavy atom. The molecular formula is C14H21NO2. The summed E-state index contributed by atoms with van der Waals surface area (Å²) in [6, 6.07) is 6.18. The lowest BCUT2D eigenvalue weighted by molar-refractivity contribution is 0.179. The molecule has 0 amide bonds. The molecule has 0 aliphatic carbocycles. The van der Waals surface area contributed by atoms with Crippen LogP contribution in [0.25, 0.3) is 0 Å². The van der Waals surface area contributed by atoms with Crippen LogP contribution in [0.3, 0.4) is 0 Å². The van der Waals surface area contributed by atoms with Crippen molar-refractivity contribution in [2.75, 3.05) is 33.9 Å². The monoisotopic (exact) mass is 235 g/mol. The average molecular weight is 235 g/mol. The maximum Gasteiger partial charge on any atom is 0.160 e. The fourth-order valence-corrected chi connectivity index (χ4v) is 2.15. The minimum Gasteiger partial charge on any atom is -0.493 e. The van der Waals surface area contributed by atoms with Crippen LogP contribution < -0.4 is 9.47 Å². The van der Waals surface area contributed by atoms with Gasteiger partial charge in [-0.25, -0.2) is 0 Å². The van der Waals surface area contributed by atoms with E-state index in [4.69, 9.17) is 9.47 Å². The molecule has 0 unspecified atom stereocenters. The molecule has 0 N–H and O–H groups in total. The summed E-state index contributed by atoms with van der Waals surface area (Å²) in [7, 11) is 3.35. The smallest absolute Gasteiger partial charge is 0.160 e. The normalized spacial score (nSPS) is 15.4. The van der Waals surface area contributed by atoms with Crippen LogP contribution in [0.2, 0.25) is 0 Å². The van der Waals surface area contributed by atoms with Crippen molar-refractivity contribution in [1.82, 2.24) is 4.90 Å². The van der Waals surface area contributed by atoms with Gasteiger partial charge in [0.05, 0.1) is 14.2 Å². The number of hydrogen-bond acceptors (Lipinski definition) is 3. The highest BCUT2D eigenvalue weighted by atomic mass is 16.5. The number of hydrogen-bond donors (Lipinski definition) is 0. The topological polar surface area (TPSA) is 21.7 Å². The fraction of sp³-hybridized carbons (Fsp3) is 0.571. The third-order valence-corrected chi connectivity index (χ3v) is 3.34. The third kappa shape index (κ3) is 3.13. The molecule has 1 heterocycles. The Kier molecular flexibility index (Phi) is 4.26. The Balaban J connectivity index is 1.86. The Morgan fingerprint density at radius 1 is 1.12 bits per heavy atom. The van der Waals surface area contributed by atoms with Crippen molar-refractivity contribution >= 4 is 0 Å². The van der Waals surface area contributed by atoms with Crippen LogP contribution in [-0.4, -0.2) is 38.8 Å². The van der Waals surface area contributed by atoms with Gasteiger partial charge in [0.2, 0.25) is 0 Å². The molecule has 3 heteroatoms. The molecule has 0 bridgehead atoms. The molecule has 3 nitrogen and oxygen atoms in total. The Hall–Kier alpha value is -1.22. The van der Waals surface area contributed by atoms with E-state index >= 15 is 0 Å². The highest BCUT2D eigenvalue weighted by Crippen LogP contribution is 2.28. The van der Waals surface area contributed by atoms with Crippen LogP contribution in [0.15, 0.2) is 18.2 Å². The van der Waals surface area contributed by atoms with E-state index in [0.717, 1.165) is 17.9 Å². The fourth-order valence-electron chi connectivity index (χ4n) is 2.15. The number of methoxy groups -OCH3 is 2. The average Bonchev–Trinajstić information content (AvgIpc) is 2.32. The van der Waals surface area contributed by atoms with Crippen molar-refractivity contribution in [2.24, 2.45) is 0 Å². The summed E-state index contributed by atoms with van der Waals surface area (Å²) in [5, 5.41) is 0. The van der Waals surface area contributed by atoms with E-state index in [1.54, 1.807) is 14.2 Å². The van der Waals surface area contributed by atoms with Crippen LogP contribution in [0, 0.1) is 0 Å². The predicted octanol–water partition coefficient (Wildman–Crippen LogP) is 2.34. The molecule has 17 heavy (non-hydrogen) atoms. The quantitative estimate of drug-likeness (QED) is 0.755.